The molecule has 0 spiro atoms. The molecule has 1 heterocycles. The number of nitrogens with one attached hydrogen (secondary N) is 1. The Morgan fingerprint density at radius 3 is 2.27 bits per heavy atom. The van der Waals surface area contributed by atoms with Crippen molar-refractivity contribution < 1.29 is 14.3 Å². The van der Waals surface area contributed by atoms with E-state index in [0.717, 1.165) is 27.9 Å². The zero-order valence-corrected chi connectivity index (χ0v) is 21.8. The van der Waals surface area contributed by atoms with Crippen molar-refractivity contribution in [2.24, 2.45) is 0 Å². The third kappa shape index (κ3) is 6.36. The zero-order chi connectivity index (χ0) is 26.4. The number of amides is 2. The number of rotatable bonds is 10. The van der Waals surface area contributed by atoms with E-state index in [2.05, 4.69) is 5.32 Å². The van der Waals surface area contributed by atoms with Crippen molar-refractivity contribution in [1.29, 1.82) is 0 Å². The molecule has 2 amide bonds. The van der Waals surface area contributed by atoms with Gasteiger partial charge in [-0.3, -0.25) is 9.59 Å². The van der Waals surface area contributed by atoms with Crippen LogP contribution in [0, 0.1) is 0 Å². The summed E-state index contributed by atoms with van der Waals surface area (Å²) >= 11 is 0. The lowest BCUT2D eigenvalue weighted by molar-refractivity contribution is -0.134. The van der Waals surface area contributed by atoms with Crippen LogP contribution < -0.4 is 10.1 Å². The maximum absolute atomic E-state index is 13.6. The van der Waals surface area contributed by atoms with Gasteiger partial charge in [-0.1, -0.05) is 54.6 Å². The van der Waals surface area contributed by atoms with E-state index in [9.17, 15) is 9.59 Å². The van der Waals surface area contributed by atoms with Crippen LogP contribution in [0.4, 0.5) is 0 Å². The molecule has 0 saturated carbocycles. The van der Waals surface area contributed by atoms with Gasteiger partial charge in [-0.2, -0.15) is 0 Å². The lowest BCUT2D eigenvalue weighted by Crippen LogP contribution is -2.39. The first-order valence-corrected chi connectivity index (χ1v) is 12.6. The molecule has 37 heavy (non-hydrogen) atoms. The summed E-state index contributed by atoms with van der Waals surface area (Å²) in [6, 6.07) is 24.8. The standard InChI is InChI=1S/C30H34N4O3/c1-21(2)33(19-24-10-6-5-7-11-24)29(36)20-34-27-13-9-8-12-26(27)32-30(34)22(3)31-28(35)18-23-14-16-25(37-4)17-15-23/h5-17,21-22H,18-20H2,1-4H3,(H,31,35). The van der Waals surface area contributed by atoms with Crippen molar-refractivity contribution in [1.82, 2.24) is 19.8 Å². The zero-order valence-electron chi connectivity index (χ0n) is 21.8. The Balaban J connectivity index is 1.54. The second-order valence-electron chi connectivity index (χ2n) is 9.46. The summed E-state index contributed by atoms with van der Waals surface area (Å²) in [7, 11) is 1.61. The Hall–Kier alpha value is -4.13. The Morgan fingerprint density at radius 2 is 1.59 bits per heavy atom. The number of para-hydroxylation sites is 2. The molecular formula is C30H34N4O3. The average molecular weight is 499 g/mol. The van der Waals surface area contributed by atoms with Crippen LogP contribution in [0.1, 0.15) is 43.8 Å². The van der Waals surface area contributed by atoms with E-state index < -0.39 is 0 Å². The quantitative estimate of drug-likeness (QED) is 0.337. The topological polar surface area (TPSA) is 76.5 Å². The van der Waals surface area contributed by atoms with E-state index in [1.54, 1.807) is 7.11 Å². The summed E-state index contributed by atoms with van der Waals surface area (Å²) in [4.78, 5) is 33.1. The van der Waals surface area contributed by atoms with Gasteiger partial charge < -0.3 is 19.5 Å². The van der Waals surface area contributed by atoms with Crippen molar-refractivity contribution in [3.05, 3.63) is 95.8 Å². The van der Waals surface area contributed by atoms with Crippen molar-refractivity contribution in [2.75, 3.05) is 7.11 Å². The molecule has 192 valence electrons. The van der Waals surface area contributed by atoms with Crippen LogP contribution in [0.3, 0.4) is 0 Å². The first kappa shape index (κ1) is 25.9. The minimum Gasteiger partial charge on any atom is -0.497 e. The fourth-order valence-corrected chi connectivity index (χ4v) is 4.44. The van der Waals surface area contributed by atoms with Crippen molar-refractivity contribution in [3.8, 4) is 5.75 Å². The third-order valence-corrected chi connectivity index (χ3v) is 6.41. The molecule has 0 aliphatic heterocycles. The Bertz CT molecular complexity index is 1350. The number of benzene rings is 3. The molecule has 7 nitrogen and oxygen atoms in total. The molecule has 4 rings (SSSR count). The number of fused-ring (bicyclic) bond motifs is 1. The molecule has 1 unspecified atom stereocenters. The van der Waals surface area contributed by atoms with Crippen LogP contribution in [0.5, 0.6) is 5.75 Å². The number of ether oxygens (including phenoxy) is 1. The summed E-state index contributed by atoms with van der Waals surface area (Å²) in [5.74, 6) is 1.29. The van der Waals surface area contributed by atoms with E-state index in [-0.39, 0.29) is 36.9 Å². The van der Waals surface area contributed by atoms with Gasteiger partial charge in [0.15, 0.2) is 0 Å². The summed E-state index contributed by atoms with van der Waals surface area (Å²) in [5.41, 5.74) is 3.63. The largest absolute Gasteiger partial charge is 0.497 e. The maximum atomic E-state index is 13.6. The fourth-order valence-electron chi connectivity index (χ4n) is 4.44. The van der Waals surface area contributed by atoms with Crippen LogP contribution in [0.15, 0.2) is 78.9 Å². The van der Waals surface area contributed by atoms with E-state index in [1.807, 2.05) is 109 Å². The monoisotopic (exact) mass is 498 g/mol. The minimum atomic E-state index is -0.382. The van der Waals surface area contributed by atoms with Crippen LogP contribution in [0.2, 0.25) is 0 Å². The van der Waals surface area contributed by atoms with Gasteiger partial charge in [-0.25, -0.2) is 4.98 Å². The van der Waals surface area contributed by atoms with Gasteiger partial charge >= 0.3 is 0 Å². The van der Waals surface area contributed by atoms with Crippen LogP contribution in [-0.4, -0.2) is 39.4 Å². The third-order valence-electron chi connectivity index (χ3n) is 6.41. The number of hydrogen-bond donors (Lipinski definition) is 1. The predicted molar refractivity (Wildman–Crippen MR) is 145 cm³/mol. The second kappa shape index (κ2) is 11.7. The number of carbonyl (C=O) groups is 2. The summed E-state index contributed by atoms with van der Waals surface area (Å²) in [5, 5.41) is 3.06. The molecule has 4 aromatic rings. The highest BCUT2D eigenvalue weighted by atomic mass is 16.5. The molecule has 1 atom stereocenters. The number of methoxy groups -OCH3 is 1. The number of aromatic nitrogens is 2. The highest BCUT2D eigenvalue weighted by Crippen LogP contribution is 2.22. The molecule has 0 saturated heterocycles. The molecular weight excluding hydrogens is 464 g/mol. The van der Waals surface area contributed by atoms with Gasteiger partial charge in [0.25, 0.3) is 0 Å². The highest BCUT2D eigenvalue weighted by Gasteiger charge is 2.23. The lowest BCUT2D eigenvalue weighted by Gasteiger charge is -2.28. The van der Waals surface area contributed by atoms with Gasteiger partial charge in [0.2, 0.25) is 11.8 Å². The van der Waals surface area contributed by atoms with Crippen molar-refractivity contribution >= 4 is 22.8 Å². The number of carbonyl (C=O) groups excluding carboxylic acids is 2. The summed E-state index contributed by atoms with van der Waals surface area (Å²) < 4.78 is 7.12. The second-order valence-corrected chi connectivity index (χ2v) is 9.46. The van der Waals surface area contributed by atoms with Crippen molar-refractivity contribution in [2.45, 2.75) is 52.4 Å². The van der Waals surface area contributed by atoms with Gasteiger partial charge in [0.1, 0.15) is 18.1 Å². The molecule has 7 heteroatoms. The fraction of sp³-hybridized carbons (Fsp3) is 0.300. The van der Waals surface area contributed by atoms with Crippen LogP contribution >= 0.6 is 0 Å². The summed E-state index contributed by atoms with van der Waals surface area (Å²) in [6.07, 6.45) is 0.242. The average Bonchev–Trinajstić information content (AvgIpc) is 3.26. The molecule has 3 aromatic carbocycles. The first-order chi connectivity index (χ1) is 17.9. The van der Waals surface area contributed by atoms with Gasteiger partial charge in [-0.05, 0) is 56.2 Å². The van der Waals surface area contributed by atoms with E-state index in [1.165, 1.54) is 0 Å². The number of imidazole rings is 1. The lowest BCUT2D eigenvalue weighted by atomic mass is 10.1. The predicted octanol–water partition coefficient (Wildman–Crippen LogP) is 4.90. The Labute approximate surface area is 218 Å². The van der Waals surface area contributed by atoms with Crippen molar-refractivity contribution in [3.63, 3.8) is 0 Å². The summed E-state index contributed by atoms with van der Waals surface area (Å²) in [6.45, 7) is 6.62. The molecule has 1 N–H and O–H groups in total. The Kier molecular flexibility index (Phi) is 8.23. The van der Waals surface area contributed by atoms with Gasteiger partial charge in [0.05, 0.1) is 30.6 Å². The Morgan fingerprint density at radius 1 is 0.919 bits per heavy atom. The minimum absolute atomic E-state index is 0.0000144. The normalized spacial score (nSPS) is 11.9. The first-order valence-electron chi connectivity index (χ1n) is 12.6. The van der Waals surface area contributed by atoms with E-state index in [0.29, 0.717) is 12.4 Å². The molecule has 0 aliphatic carbocycles. The van der Waals surface area contributed by atoms with Crippen LogP contribution in [0.25, 0.3) is 11.0 Å². The smallest absolute Gasteiger partial charge is 0.243 e. The molecule has 1 aromatic heterocycles. The maximum Gasteiger partial charge on any atom is 0.243 e. The van der Waals surface area contributed by atoms with Gasteiger partial charge in [0, 0.05) is 12.6 Å². The SMILES string of the molecule is COc1ccc(CC(=O)NC(C)c2nc3ccccc3n2CC(=O)N(Cc2ccccc2)C(C)C)cc1. The number of nitrogens with zero attached hydrogens (tertiary/aromatic N) is 3. The molecule has 0 fully saturated rings. The van der Waals surface area contributed by atoms with E-state index >= 15 is 0 Å². The molecule has 0 radical (unpaired) electrons. The van der Waals surface area contributed by atoms with Gasteiger partial charge in [-0.15, -0.1) is 0 Å². The molecule has 0 bridgehead atoms. The highest BCUT2D eigenvalue weighted by molar-refractivity contribution is 5.82. The van der Waals surface area contributed by atoms with Crippen LogP contribution in [-0.2, 0) is 29.1 Å². The number of hydrogen-bond acceptors (Lipinski definition) is 4. The molecule has 0 aliphatic rings. The van der Waals surface area contributed by atoms with E-state index in [4.69, 9.17) is 9.72 Å².